The normalized spacial score (nSPS) is 13.3. The van der Waals surface area contributed by atoms with Crippen molar-refractivity contribution in [2.45, 2.75) is 24.9 Å². The van der Waals surface area contributed by atoms with Gasteiger partial charge in [-0.25, -0.2) is 13.2 Å². The molecular weight excluding hydrogens is 326 g/mol. The molecule has 2 rings (SSSR count). The third-order valence-corrected chi connectivity index (χ3v) is 6.18. The second-order valence-electron chi connectivity index (χ2n) is 4.55. The number of aromatic nitrogens is 2. The number of rotatable bonds is 6. The van der Waals surface area contributed by atoms with Gasteiger partial charge in [0, 0.05) is 11.9 Å². The predicted molar refractivity (Wildman–Crippen MR) is 82.2 cm³/mol. The molecule has 0 aliphatic carbocycles. The minimum atomic E-state index is -3.89. The van der Waals surface area contributed by atoms with E-state index in [1.165, 1.54) is 22.7 Å². The van der Waals surface area contributed by atoms with Gasteiger partial charge in [0.25, 0.3) is 10.0 Å². The van der Waals surface area contributed by atoms with Gasteiger partial charge < -0.3 is 4.74 Å². The fraction of sp³-hybridized carbons (Fsp3) is 0.385. The molecule has 0 aliphatic rings. The molecule has 0 bridgehead atoms. The molecule has 22 heavy (non-hydrogen) atoms. The molecule has 0 saturated heterocycles. The lowest BCUT2D eigenvalue weighted by atomic mass is 10.3. The number of ether oxygens (including phenoxy) is 1. The van der Waals surface area contributed by atoms with E-state index in [0.717, 1.165) is 11.1 Å². The van der Waals surface area contributed by atoms with Crippen molar-refractivity contribution in [3.63, 3.8) is 0 Å². The summed E-state index contributed by atoms with van der Waals surface area (Å²) < 4.78 is 31.5. The Balaban J connectivity index is 2.35. The van der Waals surface area contributed by atoms with Gasteiger partial charge in [0.15, 0.2) is 5.03 Å². The molecule has 7 nitrogen and oxygen atoms in total. The van der Waals surface area contributed by atoms with Crippen molar-refractivity contribution >= 4 is 27.3 Å². The third kappa shape index (κ3) is 3.06. The first kappa shape index (κ1) is 16.7. The standard InChI is InChI=1S/C13H17N3O4S2/c1-4-20-13(17)10-8-14-15-12(10)22(18,19)16(3)9(2)11-6-5-7-21-11/h5-9H,4H2,1-3H3,(H,14,15)/t9-/m1/s1. The zero-order valence-corrected chi connectivity index (χ0v) is 14.1. The van der Waals surface area contributed by atoms with E-state index in [9.17, 15) is 13.2 Å². The molecule has 0 saturated carbocycles. The first-order valence-electron chi connectivity index (χ1n) is 6.61. The topological polar surface area (TPSA) is 92.4 Å². The zero-order valence-electron chi connectivity index (χ0n) is 12.4. The molecule has 2 heterocycles. The maximum atomic E-state index is 12.7. The van der Waals surface area contributed by atoms with Crippen LogP contribution in [0.4, 0.5) is 0 Å². The van der Waals surface area contributed by atoms with E-state index in [1.807, 2.05) is 17.5 Å². The van der Waals surface area contributed by atoms with Crippen LogP contribution in [0.5, 0.6) is 0 Å². The van der Waals surface area contributed by atoms with Gasteiger partial charge >= 0.3 is 5.97 Å². The summed E-state index contributed by atoms with van der Waals surface area (Å²) in [6.45, 7) is 3.59. The molecule has 0 amide bonds. The van der Waals surface area contributed by atoms with Crippen LogP contribution < -0.4 is 0 Å². The van der Waals surface area contributed by atoms with Crippen molar-refractivity contribution in [3.8, 4) is 0 Å². The number of aromatic amines is 1. The van der Waals surface area contributed by atoms with Crippen molar-refractivity contribution in [2.24, 2.45) is 0 Å². The molecule has 0 aromatic carbocycles. The van der Waals surface area contributed by atoms with Crippen LogP contribution in [0, 0.1) is 0 Å². The van der Waals surface area contributed by atoms with Crippen LogP contribution in [0.1, 0.15) is 35.1 Å². The van der Waals surface area contributed by atoms with Gasteiger partial charge in [0.05, 0.1) is 18.8 Å². The van der Waals surface area contributed by atoms with Gasteiger partial charge in [-0.1, -0.05) is 6.07 Å². The number of sulfonamides is 1. The van der Waals surface area contributed by atoms with Crippen LogP contribution >= 0.6 is 11.3 Å². The number of nitrogens with zero attached hydrogens (tertiary/aromatic N) is 2. The molecule has 0 fully saturated rings. The summed E-state index contributed by atoms with van der Waals surface area (Å²) in [5.74, 6) is -0.716. The van der Waals surface area contributed by atoms with Gasteiger partial charge in [0.2, 0.25) is 0 Å². The van der Waals surface area contributed by atoms with Gasteiger partial charge in [0.1, 0.15) is 5.56 Å². The summed E-state index contributed by atoms with van der Waals surface area (Å²) in [6, 6.07) is 3.36. The summed E-state index contributed by atoms with van der Waals surface area (Å²) >= 11 is 1.47. The van der Waals surface area contributed by atoms with E-state index in [0.29, 0.717) is 0 Å². The van der Waals surface area contributed by atoms with E-state index >= 15 is 0 Å². The Morgan fingerprint density at radius 2 is 2.27 bits per heavy atom. The van der Waals surface area contributed by atoms with Gasteiger partial charge in [-0.2, -0.15) is 9.40 Å². The Hall–Kier alpha value is -1.71. The molecule has 9 heteroatoms. The zero-order chi connectivity index (χ0) is 16.3. The number of carbonyl (C=O) groups excluding carboxylic acids is 1. The van der Waals surface area contributed by atoms with E-state index in [1.54, 1.807) is 13.8 Å². The summed E-state index contributed by atoms with van der Waals surface area (Å²) in [5.41, 5.74) is -0.0907. The highest BCUT2D eigenvalue weighted by Crippen LogP contribution is 2.29. The minimum Gasteiger partial charge on any atom is -0.462 e. The lowest BCUT2D eigenvalue weighted by Crippen LogP contribution is -2.30. The second-order valence-corrected chi connectivity index (χ2v) is 7.46. The molecule has 0 radical (unpaired) electrons. The summed E-state index contributed by atoms with van der Waals surface area (Å²) in [6.07, 6.45) is 1.16. The Morgan fingerprint density at radius 3 is 2.86 bits per heavy atom. The average Bonchev–Trinajstić information content (AvgIpc) is 3.16. The van der Waals surface area contributed by atoms with Crippen molar-refractivity contribution < 1.29 is 17.9 Å². The first-order valence-corrected chi connectivity index (χ1v) is 8.93. The molecule has 1 N–H and O–H groups in total. The maximum absolute atomic E-state index is 12.7. The number of hydrogen-bond acceptors (Lipinski definition) is 6. The van der Waals surface area contributed by atoms with Crippen LogP contribution in [0.3, 0.4) is 0 Å². The van der Waals surface area contributed by atoms with Crippen LogP contribution in [0.2, 0.25) is 0 Å². The molecule has 2 aromatic heterocycles. The number of esters is 1. The Bertz CT molecular complexity index is 737. The van der Waals surface area contributed by atoms with Crippen molar-refractivity contribution in [1.82, 2.24) is 14.5 Å². The highest BCUT2D eigenvalue weighted by molar-refractivity contribution is 7.89. The van der Waals surface area contributed by atoms with E-state index < -0.39 is 16.0 Å². The maximum Gasteiger partial charge on any atom is 0.342 e. The average molecular weight is 343 g/mol. The molecule has 1 atom stereocenters. The number of nitrogens with one attached hydrogen (secondary N) is 1. The number of hydrogen-bond donors (Lipinski definition) is 1. The first-order chi connectivity index (χ1) is 10.4. The van der Waals surface area contributed by atoms with Gasteiger partial charge in [-0.3, -0.25) is 5.10 Å². The molecule has 0 spiro atoms. The Morgan fingerprint density at radius 1 is 1.55 bits per heavy atom. The monoisotopic (exact) mass is 343 g/mol. The van der Waals surface area contributed by atoms with E-state index in [2.05, 4.69) is 10.2 Å². The smallest absolute Gasteiger partial charge is 0.342 e. The quantitative estimate of drug-likeness (QED) is 0.810. The number of H-pyrrole nitrogens is 1. The van der Waals surface area contributed by atoms with Crippen LogP contribution in [-0.4, -0.2) is 42.5 Å². The lowest BCUT2D eigenvalue weighted by molar-refractivity contribution is 0.0521. The van der Waals surface area contributed by atoms with E-state index in [4.69, 9.17) is 4.74 Å². The molecule has 0 unspecified atom stereocenters. The van der Waals surface area contributed by atoms with Crippen molar-refractivity contribution in [1.29, 1.82) is 0 Å². The molecule has 0 aliphatic heterocycles. The number of carbonyl (C=O) groups is 1. The summed E-state index contributed by atoms with van der Waals surface area (Å²) in [5, 5.41) is 7.69. The Labute approximate surface area is 133 Å². The van der Waals surface area contributed by atoms with Gasteiger partial charge in [-0.15, -0.1) is 11.3 Å². The third-order valence-electron chi connectivity index (χ3n) is 3.24. The van der Waals surface area contributed by atoms with Crippen LogP contribution in [0.25, 0.3) is 0 Å². The lowest BCUT2D eigenvalue weighted by Gasteiger charge is -2.23. The molecule has 120 valence electrons. The summed E-state index contributed by atoms with van der Waals surface area (Å²) in [7, 11) is -2.43. The predicted octanol–water partition coefficient (Wildman–Crippen LogP) is 2.03. The minimum absolute atomic E-state index is 0.0907. The highest BCUT2D eigenvalue weighted by Gasteiger charge is 2.32. The fourth-order valence-corrected chi connectivity index (χ4v) is 4.18. The van der Waals surface area contributed by atoms with Gasteiger partial charge in [-0.05, 0) is 25.3 Å². The van der Waals surface area contributed by atoms with Crippen LogP contribution in [0.15, 0.2) is 28.7 Å². The largest absolute Gasteiger partial charge is 0.462 e. The fourth-order valence-electron chi connectivity index (χ4n) is 1.89. The van der Waals surface area contributed by atoms with E-state index in [-0.39, 0.29) is 23.2 Å². The summed E-state index contributed by atoms with van der Waals surface area (Å²) in [4.78, 5) is 12.7. The molecule has 2 aromatic rings. The van der Waals surface area contributed by atoms with Crippen molar-refractivity contribution in [2.75, 3.05) is 13.7 Å². The number of thiophene rings is 1. The SMILES string of the molecule is CCOC(=O)c1cn[nH]c1S(=O)(=O)N(C)[C@H](C)c1cccs1. The second kappa shape index (κ2) is 6.59. The highest BCUT2D eigenvalue weighted by atomic mass is 32.2. The van der Waals surface area contributed by atoms with Crippen molar-refractivity contribution in [3.05, 3.63) is 34.2 Å². The Kier molecular flexibility index (Phi) is 4.99. The van der Waals surface area contributed by atoms with Crippen LogP contribution in [-0.2, 0) is 14.8 Å². The molecular formula is C13H17N3O4S2.